The second kappa shape index (κ2) is 8.75. The van der Waals surface area contributed by atoms with E-state index < -0.39 is 0 Å². The van der Waals surface area contributed by atoms with Gasteiger partial charge in [0.1, 0.15) is 5.76 Å². The van der Waals surface area contributed by atoms with Crippen molar-refractivity contribution in [3.8, 4) is 0 Å². The fourth-order valence-electron chi connectivity index (χ4n) is 2.66. The van der Waals surface area contributed by atoms with E-state index in [1.165, 1.54) is 11.8 Å². The maximum absolute atomic E-state index is 12.9. The fourth-order valence-corrected chi connectivity index (χ4v) is 3.99. The zero-order valence-electron chi connectivity index (χ0n) is 15.1. The van der Waals surface area contributed by atoms with Crippen LogP contribution >= 0.6 is 27.7 Å². The lowest BCUT2D eigenvalue weighted by Crippen LogP contribution is -2.28. The molecule has 0 aliphatic carbocycles. The predicted octanol–water partition coefficient (Wildman–Crippen LogP) is 3.91. The minimum absolute atomic E-state index is 0.0513. The van der Waals surface area contributed by atoms with Crippen LogP contribution in [0.5, 0.6) is 0 Å². The molecule has 0 bridgehead atoms. The second-order valence-electron chi connectivity index (χ2n) is 6.13. The maximum atomic E-state index is 12.9. The zero-order chi connectivity index (χ0) is 19.4. The summed E-state index contributed by atoms with van der Waals surface area (Å²) in [4.78, 5) is 31.5. The highest BCUT2D eigenvalue weighted by molar-refractivity contribution is 9.10. The number of hydrogen-bond donors (Lipinski definition) is 0. The highest BCUT2D eigenvalue weighted by Gasteiger charge is 2.16. The summed E-state index contributed by atoms with van der Waals surface area (Å²) in [5.41, 5.74) is 0.552. The Morgan fingerprint density at radius 3 is 2.89 bits per heavy atom. The molecule has 0 spiro atoms. The third-order valence-electron chi connectivity index (χ3n) is 4.05. The first-order valence-corrected chi connectivity index (χ1v) is 10.4. The third-order valence-corrected chi connectivity index (χ3v) is 5.51. The van der Waals surface area contributed by atoms with E-state index in [1.54, 1.807) is 34.9 Å². The Morgan fingerprint density at radius 2 is 2.19 bits per heavy atom. The Bertz CT molecular complexity index is 1000. The average molecular weight is 450 g/mol. The van der Waals surface area contributed by atoms with E-state index in [9.17, 15) is 9.59 Å². The molecule has 0 saturated carbocycles. The number of aromatic nitrogens is 2. The summed E-state index contributed by atoms with van der Waals surface area (Å²) >= 11 is 4.69. The van der Waals surface area contributed by atoms with Crippen molar-refractivity contribution >= 4 is 44.5 Å². The highest BCUT2D eigenvalue weighted by Crippen LogP contribution is 2.21. The number of hydrogen-bond acceptors (Lipinski definition) is 5. The number of rotatable bonds is 7. The van der Waals surface area contributed by atoms with Crippen LogP contribution in [0.2, 0.25) is 0 Å². The molecule has 0 atom stereocenters. The molecular weight excluding hydrogens is 430 g/mol. The van der Waals surface area contributed by atoms with Gasteiger partial charge in [-0.25, -0.2) is 4.98 Å². The number of halogens is 1. The number of furan rings is 1. The molecule has 0 saturated heterocycles. The van der Waals surface area contributed by atoms with Crippen LogP contribution in [0.25, 0.3) is 10.9 Å². The number of benzene rings is 1. The van der Waals surface area contributed by atoms with E-state index in [1.807, 2.05) is 25.1 Å². The predicted molar refractivity (Wildman–Crippen MR) is 110 cm³/mol. The summed E-state index contributed by atoms with van der Waals surface area (Å²) in [6.45, 7) is 2.98. The monoisotopic (exact) mass is 449 g/mol. The molecule has 0 unspecified atom stereocenters. The van der Waals surface area contributed by atoms with Crippen LogP contribution in [0, 0.1) is 0 Å². The number of carbonyl (C=O) groups excluding carboxylic acids is 1. The van der Waals surface area contributed by atoms with Gasteiger partial charge < -0.3 is 9.32 Å². The molecule has 3 aromatic rings. The van der Waals surface area contributed by atoms with Crippen molar-refractivity contribution in [3.63, 3.8) is 0 Å². The van der Waals surface area contributed by atoms with Crippen molar-refractivity contribution in [2.75, 3.05) is 12.8 Å². The van der Waals surface area contributed by atoms with Crippen molar-refractivity contribution in [1.82, 2.24) is 14.5 Å². The van der Waals surface area contributed by atoms with Crippen LogP contribution < -0.4 is 5.56 Å². The lowest BCUT2D eigenvalue weighted by Gasteiger charge is -2.16. The molecule has 0 N–H and O–H groups in total. The Balaban J connectivity index is 1.81. The van der Waals surface area contributed by atoms with E-state index >= 15 is 0 Å². The Morgan fingerprint density at radius 1 is 1.37 bits per heavy atom. The lowest BCUT2D eigenvalue weighted by molar-refractivity contribution is -0.127. The van der Waals surface area contributed by atoms with Gasteiger partial charge in [0.05, 0.1) is 29.5 Å². The van der Waals surface area contributed by atoms with E-state index in [0.29, 0.717) is 29.1 Å². The van der Waals surface area contributed by atoms with Gasteiger partial charge in [-0.2, -0.15) is 0 Å². The summed E-state index contributed by atoms with van der Waals surface area (Å²) in [6, 6.07) is 9.08. The summed E-state index contributed by atoms with van der Waals surface area (Å²) in [7, 11) is 1.73. The molecule has 6 nitrogen and oxygen atoms in total. The van der Waals surface area contributed by atoms with Gasteiger partial charge in [0.15, 0.2) is 5.16 Å². The molecule has 8 heteroatoms. The number of carbonyl (C=O) groups is 1. The van der Waals surface area contributed by atoms with Crippen LogP contribution in [-0.4, -0.2) is 33.2 Å². The SMILES string of the molecule is CCCn1c(SCC(=O)N(C)Cc2ccco2)nc2ccc(Br)cc2c1=O. The van der Waals surface area contributed by atoms with Crippen molar-refractivity contribution in [2.24, 2.45) is 0 Å². The van der Waals surface area contributed by atoms with Crippen LogP contribution in [0.4, 0.5) is 0 Å². The summed E-state index contributed by atoms with van der Waals surface area (Å²) in [5, 5.41) is 1.14. The van der Waals surface area contributed by atoms with Crippen molar-refractivity contribution in [1.29, 1.82) is 0 Å². The van der Waals surface area contributed by atoms with E-state index in [-0.39, 0.29) is 17.2 Å². The summed E-state index contributed by atoms with van der Waals surface area (Å²) in [5.74, 6) is 0.882. The minimum atomic E-state index is -0.0814. The van der Waals surface area contributed by atoms with Gasteiger partial charge >= 0.3 is 0 Å². The minimum Gasteiger partial charge on any atom is -0.467 e. The Labute approximate surface area is 169 Å². The van der Waals surface area contributed by atoms with Crippen LogP contribution in [0.3, 0.4) is 0 Å². The molecule has 2 heterocycles. The largest absolute Gasteiger partial charge is 0.467 e. The van der Waals surface area contributed by atoms with Gasteiger partial charge in [0, 0.05) is 18.1 Å². The average Bonchev–Trinajstić information content (AvgIpc) is 3.16. The molecular formula is C19H20BrN3O3S. The van der Waals surface area contributed by atoms with Gasteiger partial charge in [-0.3, -0.25) is 14.2 Å². The van der Waals surface area contributed by atoms with E-state index in [4.69, 9.17) is 4.42 Å². The standard InChI is InChI=1S/C19H20BrN3O3S/c1-3-8-23-18(25)15-10-13(20)6-7-16(15)21-19(23)27-12-17(24)22(2)11-14-5-4-9-26-14/h4-7,9-10H,3,8,11-12H2,1-2H3. The molecule has 1 aromatic carbocycles. The number of thioether (sulfide) groups is 1. The zero-order valence-corrected chi connectivity index (χ0v) is 17.5. The summed E-state index contributed by atoms with van der Waals surface area (Å²) in [6.07, 6.45) is 2.39. The van der Waals surface area contributed by atoms with Gasteiger partial charge in [-0.15, -0.1) is 0 Å². The van der Waals surface area contributed by atoms with Crippen LogP contribution in [-0.2, 0) is 17.9 Å². The van der Waals surface area contributed by atoms with Gasteiger partial charge in [0.2, 0.25) is 5.91 Å². The molecule has 0 aliphatic heterocycles. The van der Waals surface area contributed by atoms with Gasteiger partial charge in [0.25, 0.3) is 5.56 Å². The first-order chi connectivity index (χ1) is 13.0. The quantitative estimate of drug-likeness (QED) is 0.403. The third kappa shape index (κ3) is 4.62. The highest BCUT2D eigenvalue weighted by atomic mass is 79.9. The molecule has 0 radical (unpaired) electrons. The summed E-state index contributed by atoms with van der Waals surface area (Å²) < 4.78 is 7.77. The molecule has 27 heavy (non-hydrogen) atoms. The van der Waals surface area contributed by atoms with Crippen molar-refractivity contribution in [3.05, 3.63) is 57.2 Å². The molecule has 0 aliphatic rings. The Kier molecular flexibility index (Phi) is 6.38. The molecule has 142 valence electrons. The normalized spacial score (nSPS) is 11.1. The molecule has 3 rings (SSSR count). The maximum Gasteiger partial charge on any atom is 0.262 e. The van der Waals surface area contributed by atoms with Crippen LogP contribution in [0.1, 0.15) is 19.1 Å². The smallest absolute Gasteiger partial charge is 0.262 e. The molecule has 0 fully saturated rings. The number of fused-ring (bicyclic) bond motifs is 1. The molecule has 2 aromatic heterocycles. The van der Waals surface area contributed by atoms with Gasteiger partial charge in [-0.05, 0) is 36.8 Å². The van der Waals surface area contributed by atoms with Crippen molar-refractivity contribution in [2.45, 2.75) is 31.6 Å². The second-order valence-corrected chi connectivity index (χ2v) is 7.99. The number of amides is 1. The van der Waals surface area contributed by atoms with E-state index in [0.717, 1.165) is 16.7 Å². The fraction of sp³-hybridized carbons (Fsp3) is 0.316. The lowest BCUT2D eigenvalue weighted by atomic mass is 10.2. The number of nitrogens with zero attached hydrogens (tertiary/aromatic N) is 3. The van der Waals surface area contributed by atoms with E-state index in [2.05, 4.69) is 20.9 Å². The topological polar surface area (TPSA) is 68.3 Å². The first-order valence-electron chi connectivity index (χ1n) is 8.59. The van der Waals surface area contributed by atoms with Crippen molar-refractivity contribution < 1.29 is 9.21 Å². The molecule has 1 amide bonds. The Hall–Kier alpha value is -2.06. The first kappa shape index (κ1) is 19.7. The van der Waals surface area contributed by atoms with Crippen LogP contribution in [0.15, 0.2) is 55.4 Å². The van der Waals surface area contributed by atoms with Gasteiger partial charge in [-0.1, -0.05) is 34.6 Å².